The van der Waals surface area contributed by atoms with Crippen LogP contribution in [0.15, 0.2) is 43.0 Å². The van der Waals surface area contributed by atoms with Crippen molar-refractivity contribution in [3.8, 4) is 17.3 Å². The van der Waals surface area contributed by atoms with Crippen LogP contribution < -0.4 is 15.5 Å². The number of aromatic nitrogens is 4. The van der Waals surface area contributed by atoms with Gasteiger partial charge >= 0.3 is 0 Å². The molecule has 0 unspecified atom stereocenters. The Balaban J connectivity index is 1.49. The van der Waals surface area contributed by atoms with Crippen molar-refractivity contribution in [1.82, 2.24) is 25.3 Å². The zero-order valence-corrected chi connectivity index (χ0v) is 18.3. The van der Waals surface area contributed by atoms with Gasteiger partial charge in [-0.25, -0.2) is 19.3 Å². The quantitative estimate of drug-likeness (QED) is 0.477. The molecule has 4 heterocycles. The first-order valence-electron chi connectivity index (χ1n) is 10.7. The van der Waals surface area contributed by atoms with E-state index in [0.717, 1.165) is 17.8 Å². The van der Waals surface area contributed by atoms with Gasteiger partial charge in [0.15, 0.2) is 0 Å². The fraction of sp³-hybridized carbons (Fsp3) is 0.348. The van der Waals surface area contributed by atoms with Crippen LogP contribution in [0.4, 0.5) is 21.8 Å². The first-order valence-corrected chi connectivity index (χ1v) is 10.7. The van der Waals surface area contributed by atoms with Gasteiger partial charge in [-0.05, 0) is 30.2 Å². The first-order chi connectivity index (χ1) is 16.2. The zero-order valence-electron chi connectivity index (χ0n) is 18.3. The molecule has 33 heavy (non-hydrogen) atoms. The molecule has 3 aromatic heterocycles. The van der Waals surface area contributed by atoms with Crippen LogP contribution in [0.2, 0.25) is 0 Å². The lowest BCUT2D eigenvalue weighted by atomic mass is 10.1. The van der Waals surface area contributed by atoms with Gasteiger partial charge in [-0.3, -0.25) is 4.98 Å². The number of nitriles is 1. The van der Waals surface area contributed by atoms with Gasteiger partial charge in [0.2, 0.25) is 5.95 Å². The van der Waals surface area contributed by atoms with E-state index in [1.807, 2.05) is 11.0 Å². The average Bonchev–Trinajstić information content (AvgIpc) is 3.28. The lowest BCUT2D eigenvalue weighted by Gasteiger charge is -2.18. The minimum absolute atomic E-state index is 0.262. The van der Waals surface area contributed by atoms with E-state index >= 15 is 0 Å². The molecule has 0 bridgehead atoms. The summed E-state index contributed by atoms with van der Waals surface area (Å²) in [5.41, 5.74) is 3.49. The molecule has 4 rings (SSSR count). The number of anilines is 3. The van der Waals surface area contributed by atoms with Crippen molar-refractivity contribution >= 4 is 17.5 Å². The lowest BCUT2D eigenvalue weighted by Crippen LogP contribution is -2.22. The lowest BCUT2D eigenvalue weighted by molar-refractivity contribution is 0.199. The van der Waals surface area contributed by atoms with Crippen LogP contribution in [-0.4, -0.2) is 59.5 Å². The van der Waals surface area contributed by atoms with E-state index in [2.05, 4.69) is 36.6 Å². The molecule has 1 fully saturated rings. The maximum absolute atomic E-state index is 13.6. The number of nitrogens with one attached hydrogen (secondary N) is 2. The number of alkyl halides is 1. The molecule has 0 amide bonds. The maximum Gasteiger partial charge on any atom is 0.227 e. The van der Waals surface area contributed by atoms with Crippen molar-refractivity contribution in [1.29, 1.82) is 5.26 Å². The van der Waals surface area contributed by atoms with E-state index in [4.69, 9.17) is 4.74 Å². The van der Waals surface area contributed by atoms with Gasteiger partial charge in [-0.2, -0.15) is 5.26 Å². The molecule has 2 N–H and O–H groups in total. The van der Waals surface area contributed by atoms with E-state index in [-0.39, 0.29) is 6.54 Å². The summed E-state index contributed by atoms with van der Waals surface area (Å²) >= 11 is 0. The van der Waals surface area contributed by atoms with Crippen LogP contribution in [0.5, 0.6) is 0 Å². The van der Waals surface area contributed by atoms with Gasteiger partial charge in [0.05, 0.1) is 36.3 Å². The fourth-order valence-corrected chi connectivity index (χ4v) is 3.61. The van der Waals surface area contributed by atoms with Crippen LogP contribution in [0.25, 0.3) is 11.3 Å². The number of pyridine rings is 2. The second kappa shape index (κ2) is 10.8. The summed E-state index contributed by atoms with van der Waals surface area (Å²) in [7, 11) is 1.67. The van der Waals surface area contributed by atoms with Crippen molar-refractivity contribution in [2.75, 3.05) is 43.6 Å². The molecule has 0 radical (unpaired) electrons. The molecule has 9 nitrogen and oxygen atoms in total. The summed E-state index contributed by atoms with van der Waals surface area (Å²) in [6, 6.07) is 7.63. The molecule has 1 aliphatic rings. The molecule has 1 atom stereocenters. The SMILES string of the molecule is COCCNCc1cncc(Nc2nccc(-c3cnc(N4CC[C@H](F)C4)c(C#N)c3)n2)c1. The highest BCUT2D eigenvalue weighted by Gasteiger charge is 2.25. The van der Waals surface area contributed by atoms with E-state index in [1.54, 1.807) is 44.0 Å². The van der Waals surface area contributed by atoms with Gasteiger partial charge in [0.25, 0.3) is 0 Å². The normalized spacial score (nSPS) is 15.4. The summed E-state index contributed by atoms with van der Waals surface area (Å²) < 4.78 is 18.6. The van der Waals surface area contributed by atoms with Crippen molar-refractivity contribution in [3.63, 3.8) is 0 Å². The summed E-state index contributed by atoms with van der Waals surface area (Å²) in [6.45, 7) is 2.88. The van der Waals surface area contributed by atoms with Gasteiger partial charge in [0, 0.05) is 50.9 Å². The molecular formula is C23H25FN8O. The highest BCUT2D eigenvalue weighted by atomic mass is 19.1. The van der Waals surface area contributed by atoms with Crippen molar-refractivity contribution in [3.05, 3.63) is 54.1 Å². The van der Waals surface area contributed by atoms with Crippen LogP contribution >= 0.6 is 0 Å². The van der Waals surface area contributed by atoms with E-state index in [9.17, 15) is 9.65 Å². The molecule has 10 heteroatoms. The summed E-state index contributed by atoms with van der Waals surface area (Å²) in [5.74, 6) is 0.914. The smallest absolute Gasteiger partial charge is 0.227 e. The number of hydrogen-bond donors (Lipinski definition) is 2. The Kier molecular flexibility index (Phi) is 7.34. The molecule has 0 aliphatic carbocycles. The Hall–Kier alpha value is -3.68. The van der Waals surface area contributed by atoms with Crippen molar-refractivity contribution in [2.45, 2.75) is 19.1 Å². The Morgan fingerprint density at radius 2 is 2.18 bits per heavy atom. The topological polar surface area (TPSA) is 112 Å². The van der Waals surface area contributed by atoms with Crippen molar-refractivity contribution in [2.24, 2.45) is 0 Å². The molecule has 3 aromatic rings. The number of methoxy groups -OCH3 is 1. The number of nitrogens with zero attached hydrogens (tertiary/aromatic N) is 6. The Morgan fingerprint density at radius 1 is 1.27 bits per heavy atom. The van der Waals surface area contributed by atoms with Crippen molar-refractivity contribution < 1.29 is 9.13 Å². The molecule has 1 aliphatic heterocycles. The first kappa shape index (κ1) is 22.5. The highest BCUT2D eigenvalue weighted by molar-refractivity contribution is 5.67. The number of rotatable bonds is 9. The van der Waals surface area contributed by atoms with E-state index in [0.29, 0.717) is 54.7 Å². The van der Waals surface area contributed by atoms with Gasteiger partial charge in [0.1, 0.15) is 18.1 Å². The fourth-order valence-electron chi connectivity index (χ4n) is 3.61. The minimum Gasteiger partial charge on any atom is -0.383 e. The van der Waals surface area contributed by atoms with Crippen LogP contribution in [0.1, 0.15) is 17.5 Å². The summed E-state index contributed by atoms with van der Waals surface area (Å²) in [4.78, 5) is 19.4. The third kappa shape index (κ3) is 5.77. The molecule has 0 saturated carbocycles. The molecule has 170 valence electrons. The second-order valence-corrected chi connectivity index (χ2v) is 7.68. The summed E-state index contributed by atoms with van der Waals surface area (Å²) in [6.07, 6.45) is 6.36. The number of hydrogen-bond acceptors (Lipinski definition) is 9. The standard InChI is InChI=1S/C23H25FN8O/c1-33-7-5-26-11-16-8-20(14-27-12-16)30-23-28-4-2-21(31-23)18-9-17(10-25)22(29-13-18)32-6-3-19(24)15-32/h2,4,8-9,12-14,19,26H,3,5-7,11,15H2,1H3,(H,28,30,31)/t19-/m0/s1. The zero-order chi connectivity index (χ0) is 23.0. The second-order valence-electron chi connectivity index (χ2n) is 7.68. The molecular weight excluding hydrogens is 423 g/mol. The predicted octanol–water partition coefficient (Wildman–Crippen LogP) is 2.83. The highest BCUT2D eigenvalue weighted by Crippen LogP contribution is 2.27. The van der Waals surface area contributed by atoms with Crippen LogP contribution in [0.3, 0.4) is 0 Å². The van der Waals surface area contributed by atoms with Gasteiger partial charge < -0.3 is 20.3 Å². The number of ether oxygens (including phenoxy) is 1. The van der Waals surface area contributed by atoms with Gasteiger partial charge in [-0.15, -0.1) is 0 Å². The van der Waals surface area contributed by atoms with Crippen LogP contribution in [-0.2, 0) is 11.3 Å². The number of halogens is 1. The van der Waals surface area contributed by atoms with Gasteiger partial charge in [-0.1, -0.05) is 0 Å². The van der Waals surface area contributed by atoms with E-state index in [1.165, 1.54) is 0 Å². The molecule has 0 spiro atoms. The predicted molar refractivity (Wildman–Crippen MR) is 123 cm³/mol. The minimum atomic E-state index is -0.886. The van der Waals surface area contributed by atoms with E-state index < -0.39 is 6.17 Å². The third-order valence-corrected chi connectivity index (χ3v) is 5.23. The Labute approximate surface area is 191 Å². The third-order valence-electron chi connectivity index (χ3n) is 5.23. The van der Waals surface area contributed by atoms with Crippen LogP contribution in [0, 0.1) is 11.3 Å². The largest absolute Gasteiger partial charge is 0.383 e. The summed E-state index contributed by atoms with van der Waals surface area (Å²) in [5, 5.41) is 16.1. The maximum atomic E-state index is 13.6. The average molecular weight is 449 g/mol. The Bertz CT molecular complexity index is 1140. The molecule has 0 aromatic carbocycles. The monoisotopic (exact) mass is 448 g/mol. The molecule has 1 saturated heterocycles. The Morgan fingerprint density at radius 3 is 2.97 bits per heavy atom.